The Balaban J connectivity index is 1.78. The van der Waals surface area contributed by atoms with Crippen LogP contribution in [0, 0.1) is 11.3 Å². The highest BCUT2D eigenvalue weighted by molar-refractivity contribution is 5.13. The van der Waals surface area contributed by atoms with Gasteiger partial charge in [-0.15, -0.1) is 0 Å². The Bertz CT molecular complexity index is 344. The van der Waals surface area contributed by atoms with Crippen molar-refractivity contribution in [3.63, 3.8) is 0 Å². The van der Waals surface area contributed by atoms with Crippen LogP contribution in [0.15, 0.2) is 30.3 Å². The maximum atomic E-state index is 8.70. The third-order valence-corrected chi connectivity index (χ3v) is 2.57. The molecule has 1 fully saturated rings. The number of rotatable bonds is 3. The van der Waals surface area contributed by atoms with Gasteiger partial charge in [-0.05, 0) is 5.56 Å². The van der Waals surface area contributed by atoms with E-state index in [-0.39, 0.29) is 12.1 Å². The van der Waals surface area contributed by atoms with Crippen LogP contribution in [0.25, 0.3) is 0 Å². The molecule has 1 heterocycles. The van der Waals surface area contributed by atoms with Crippen LogP contribution in [0.3, 0.4) is 0 Å². The van der Waals surface area contributed by atoms with Gasteiger partial charge in [0, 0.05) is 13.0 Å². The second kappa shape index (κ2) is 4.92. The zero-order valence-corrected chi connectivity index (χ0v) is 8.52. The lowest BCUT2D eigenvalue weighted by molar-refractivity contribution is 0.0534. The first-order valence-corrected chi connectivity index (χ1v) is 5.17. The summed E-state index contributed by atoms with van der Waals surface area (Å²) in [5.74, 6) is 0. The van der Waals surface area contributed by atoms with E-state index in [1.807, 2.05) is 30.3 Å². The van der Waals surface area contributed by atoms with Crippen LogP contribution >= 0.6 is 0 Å². The second-order valence-corrected chi connectivity index (χ2v) is 3.74. The molecule has 0 aliphatic carbocycles. The summed E-state index contributed by atoms with van der Waals surface area (Å²) < 4.78 is 5.71. The predicted molar refractivity (Wildman–Crippen MR) is 57.0 cm³/mol. The maximum Gasteiger partial charge on any atom is 0.0979 e. The molecule has 2 atom stereocenters. The van der Waals surface area contributed by atoms with Gasteiger partial charge in [0.05, 0.1) is 24.8 Å². The van der Waals surface area contributed by atoms with Gasteiger partial charge in [-0.25, -0.2) is 0 Å². The molecule has 0 spiro atoms. The Hall–Kier alpha value is -1.37. The Kier molecular flexibility index (Phi) is 3.33. The SMILES string of the molecule is N#CC1CC(OCc2ccccc2)CN1. The molecule has 1 saturated heterocycles. The van der Waals surface area contributed by atoms with Crippen LogP contribution in [-0.2, 0) is 11.3 Å². The molecule has 0 radical (unpaired) electrons. The quantitative estimate of drug-likeness (QED) is 0.807. The molecule has 1 N–H and O–H groups in total. The normalized spacial score (nSPS) is 25.0. The number of nitrogens with one attached hydrogen (secondary N) is 1. The number of benzene rings is 1. The van der Waals surface area contributed by atoms with Crippen LogP contribution in [0.2, 0.25) is 0 Å². The highest BCUT2D eigenvalue weighted by atomic mass is 16.5. The fourth-order valence-electron chi connectivity index (χ4n) is 1.72. The first kappa shape index (κ1) is 10.2. The van der Waals surface area contributed by atoms with E-state index in [1.165, 1.54) is 5.56 Å². The highest BCUT2D eigenvalue weighted by Crippen LogP contribution is 2.12. The monoisotopic (exact) mass is 202 g/mol. The molecule has 1 aromatic rings. The standard InChI is InChI=1S/C12H14N2O/c13-7-11-6-12(8-14-11)15-9-10-4-2-1-3-5-10/h1-5,11-12,14H,6,8-9H2. The summed E-state index contributed by atoms with van der Waals surface area (Å²) >= 11 is 0. The Morgan fingerprint density at radius 3 is 2.87 bits per heavy atom. The van der Waals surface area contributed by atoms with Crippen LogP contribution < -0.4 is 5.32 Å². The molecule has 2 rings (SSSR count). The van der Waals surface area contributed by atoms with Crippen molar-refractivity contribution in [2.45, 2.75) is 25.2 Å². The van der Waals surface area contributed by atoms with E-state index in [1.54, 1.807) is 0 Å². The van der Waals surface area contributed by atoms with Gasteiger partial charge >= 0.3 is 0 Å². The van der Waals surface area contributed by atoms with Crippen LogP contribution in [0.4, 0.5) is 0 Å². The van der Waals surface area contributed by atoms with E-state index in [0.717, 1.165) is 13.0 Å². The molecule has 1 aliphatic rings. The molecular weight excluding hydrogens is 188 g/mol. The summed E-state index contributed by atoms with van der Waals surface area (Å²) in [6.45, 7) is 1.41. The number of hydrogen-bond acceptors (Lipinski definition) is 3. The van der Waals surface area contributed by atoms with Crippen LogP contribution in [-0.4, -0.2) is 18.7 Å². The van der Waals surface area contributed by atoms with E-state index < -0.39 is 0 Å². The largest absolute Gasteiger partial charge is 0.372 e. The summed E-state index contributed by atoms with van der Waals surface area (Å²) in [4.78, 5) is 0. The molecule has 2 unspecified atom stereocenters. The van der Waals surface area contributed by atoms with E-state index in [0.29, 0.717) is 6.61 Å². The lowest BCUT2D eigenvalue weighted by Crippen LogP contribution is -2.19. The summed E-state index contributed by atoms with van der Waals surface area (Å²) in [6.07, 6.45) is 0.971. The first-order valence-electron chi connectivity index (χ1n) is 5.17. The number of ether oxygens (including phenoxy) is 1. The summed E-state index contributed by atoms with van der Waals surface area (Å²) in [7, 11) is 0. The van der Waals surface area contributed by atoms with Crippen molar-refractivity contribution in [1.82, 2.24) is 5.32 Å². The Morgan fingerprint density at radius 2 is 2.20 bits per heavy atom. The fraction of sp³-hybridized carbons (Fsp3) is 0.417. The van der Waals surface area contributed by atoms with Crippen molar-refractivity contribution in [2.24, 2.45) is 0 Å². The van der Waals surface area contributed by atoms with Crippen molar-refractivity contribution in [2.75, 3.05) is 6.54 Å². The fourth-order valence-corrected chi connectivity index (χ4v) is 1.72. The van der Waals surface area contributed by atoms with Crippen molar-refractivity contribution in [3.05, 3.63) is 35.9 Å². The predicted octanol–water partition coefficient (Wildman–Crippen LogP) is 1.46. The van der Waals surface area contributed by atoms with Crippen molar-refractivity contribution in [3.8, 4) is 6.07 Å². The van der Waals surface area contributed by atoms with Crippen molar-refractivity contribution >= 4 is 0 Å². The molecular formula is C12H14N2O. The average Bonchev–Trinajstić information content (AvgIpc) is 2.76. The molecule has 1 aromatic carbocycles. The maximum absolute atomic E-state index is 8.70. The number of hydrogen-bond donors (Lipinski definition) is 1. The molecule has 3 nitrogen and oxygen atoms in total. The third kappa shape index (κ3) is 2.79. The van der Waals surface area contributed by atoms with E-state index in [2.05, 4.69) is 11.4 Å². The van der Waals surface area contributed by atoms with Gasteiger partial charge in [0.15, 0.2) is 0 Å². The highest BCUT2D eigenvalue weighted by Gasteiger charge is 2.23. The molecule has 15 heavy (non-hydrogen) atoms. The first-order chi connectivity index (χ1) is 7.38. The smallest absolute Gasteiger partial charge is 0.0979 e. The molecule has 0 amide bonds. The van der Waals surface area contributed by atoms with Crippen LogP contribution in [0.1, 0.15) is 12.0 Å². The zero-order valence-electron chi connectivity index (χ0n) is 8.52. The zero-order chi connectivity index (χ0) is 10.5. The van der Waals surface area contributed by atoms with E-state index >= 15 is 0 Å². The van der Waals surface area contributed by atoms with Crippen LogP contribution in [0.5, 0.6) is 0 Å². The van der Waals surface area contributed by atoms with Gasteiger partial charge < -0.3 is 4.74 Å². The minimum atomic E-state index is -0.0363. The third-order valence-electron chi connectivity index (χ3n) is 2.57. The molecule has 1 aliphatic heterocycles. The van der Waals surface area contributed by atoms with Gasteiger partial charge in [0.25, 0.3) is 0 Å². The van der Waals surface area contributed by atoms with Crippen molar-refractivity contribution in [1.29, 1.82) is 5.26 Å². The van der Waals surface area contributed by atoms with Gasteiger partial charge in [-0.1, -0.05) is 30.3 Å². The minimum Gasteiger partial charge on any atom is -0.372 e. The average molecular weight is 202 g/mol. The second-order valence-electron chi connectivity index (χ2n) is 3.74. The van der Waals surface area contributed by atoms with Gasteiger partial charge in [0.1, 0.15) is 0 Å². The summed E-state index contributed by atoms with van der Waals surface area (Å²) in [6, 6.07) is 12.3. The summed E-state index contributed by atoms with van der Waals surface area (Å²) in [5, 5.41) is 11.8. The Morgan fingerprint density at radius 1 is 1.40 bits per heavy atom. The number of nitrogens with zero attached hydrogens (tertiary/aromatic N) is 1. The number of nitriles is 1. The molecule has 3 heteroatoms. The lowest BCUT2D eigenvalue weighted by atomic mass is 10.2. The van der Waals surface area contributed by atoms with Crippen molar-refractivity contribution < 1.29 is 4.74 Å². The van der Waals surface area contributed by atoms with E-state index in [4.69, 9.17) is 10.00 Å². The lowest BCUT2D eigenvalue weighted by Gasteiger charge is -2.09. The Labute approximate surface area is 89.7 Å². The molecule has 78 valence electrons. The molecule has 0 bridgehead atoms. The van der Waals surface area contributed by atoms with E-state index in [9.17, 15) is 0 Å². The summed E-state index contributed by atoms with van der Waals surface area (Å²) in [5.41, 5.74) is 1.18. The topological polar surface area (TPSA) is 45.0 Å². The minimum absolute atomic E-state index is 0.0363. The van der Waals surface area contributed by atoms with Gasteiger partial charge in [-0.2, -0.15) is 5.26 Å². The van der Waals surface area contributed by atoms with Gasteiger partial charge in [0.2, 0.25) is 0 Å². The molecule has 0 saturated carbocycles. The molecule has 0 aromatic heterocycles. The van der Waals surface area contributed by atoms with Gasteiger partial charge in [-0.3, -0.25) is 5.32 Å².